The third-order valence-corrected chi connectivity index (χ3v) is 3.04. The van der Waals surface area contributed by atoms with Gasteiger partial charge in [-0.15, -0.1) is 0 Å². The molecule has 0 heterocycles. The number of rotatable bonds is 9. The molecule has 0 aliphatic carbocycles. The van der Waals surface area contributed by atoms with Crippen LogP contribution in [0.25, 0.3) is 0 Å². The highest BCUT2D eigenvalue weighted by molar-refractivity contribution is 5.78. The number of carbonyl (C=O) groups excluding carboxylic acids is 1. The first-order valence-electron chi connectivity index (χ1n) is 7.22. The summed E-state index contributed by atoms with van der Waals surface area (Å²) < 4.78 is 5.17. The van der Waals surface area contributed by atoms with Crippen molar-refractivity contribution >= 4 is 17.9 Å². The molecule has 0 bridgehead atoms. The fourth-order valence-corrected chi connectivity index (χ4v) is 1.80. The number of guanidine groups is 1. The van der Waals surface area contributed by atoms with E-state index in [1.54, 1.807) is 24.3 Å². The second-order valence-corrected chi connectivity index (χ2v) is 5.01. The second-order valence-electron chi connectivity index (χ2n) is 5.01. The van der Waals surface area contributed by atoms with Crippen LogP contribution in [0, 0.1) is 0 Å². The minimum atomic E-state index is -0.854. The summed E-state index contributed by atoms with van der Waals surface area (Å²) in [5.74, 6) is -1.02. The zero-order valence-electron chi connectivity index (χ0n) is 12.8. The van der Waals surface area contributed by atoms with Crippen LogP contribution in [0.1, 0.15) is 24.8 Å². The number of hydrogen-bond donors (Lipinski definition) is 4. The molecule has 1 rings (SSSR count). The number of carbonyl (C=O) groups is 2. The van der Waals surface area contributed by atoms with Gasteiger partial charge < -0.3 is 27.0 Å². The smallest absolute Gasteiger partial charge is 0.328 e. The van der Waals surface area contributed by atoms with Gasteiger partial charge in [-0.05, 0) is 37.0 Å². The number of nitrogens with zero attached hydrogens (tertiary/aromatic N) is 1. The topological polar surface area (TPSA) is 154 Å². The Morgan fingerprint density at radius 2 is 1.87 bits per heavy atom. The van der Waals surface area contributed by atoms with Crippen LogP contribution in [-0.4, -0.2) is 35.6 Å². The van der Waals surface area contributed by atoms with Gasteiger partial charge in [0.2, 0.25) is 0 Å². The highest BCUT2D eigenvalue weighted by Crippen LogP contribution is 2.14. The number of benzene rings is 1. The van der Waals surface area contributed by atoms with Gasteiger partial charge in [-0.25, -0.2) is 4.79 Å². The van der Waals surface area contributed by atoms with Gasteiger partial charge >= 0.3 is 11.9 Å². The molecule has 0 aromatic heterocycles. The summed E-state index contributed by atoms with van der Waals surface area (Å²) >= 11 is 0. The Hall–Kier alpha value is -2.61. The summed E-state index contributed by atoms with van der Waals surface area (Å²) in [6.45, 7) is 0.404. The first-order chi connectivity index (χ1) is 10.9. The average Bonchev–Trinajstić information content (AvgIpc) is 2.50. The lowest BCUT2D eigenvalue weighted by Crippen LogP contribution is -2.34. The van der Waals surface area contributed by atoms with E-state index in [1.807, 2.05) is 0 Å². The van der Waals surface area contributed by atoms with E-state index in [9.17, 15) is 9.59 Å². The first-order valence-corrected chi connectivity index (χ1v) is 7.22. The standard InChI is InChI=1S/C15H22N4O4/c16-12(2-1-9-19-15(17)18)14(22)23-11-6-3-10(4-7-11)5-8-13(20)21/h3-4,6-7,12H,1-2,5,8-9,16H2,(H,20,21)(H4,17,18,19)/t12-/m0/s1. The Kier molecular flexibility index (Phi) is 7.55. The van der Waals surface area contributed by atoms with Crippen LogP contribution >= 0.6 is 0 Å². The highest BCUT2D eigenvalue weighted by atomic mass is 16.5. The van der Waals surface area contributed by atoms with Crippen molar-refractivity contribution < 1.29 is 19.4 Å². The molecule has 8 heteroatoms. The first kappa shape index (κ1) is 18.4. The Morgan fingerprint density at radius 3 is 2.43 bits per heavy atom. The van der Waals surface area contributed by atoms with Gasteiger partial charge in [0, 0.05) is 13.0 Å². The molecule has 126 valence electrons. The van der Waals surface area contributed by atoms with Crippen LogP contribution in [0.4, 0.5) is 0 Å². The maximum absolute atomic E-state index is 11.8. The predicted octanol–water partition coefficient (Wildman–Crippen LogP) is -0.00990. The number of carboxylic acid groups (broad SMARTS) is 1. The second kappa shape index (κ2) is 9.42. The van der Waals surface area contributed by atoms with Crippen LogP contribution in [0.2, 0.25) is 0 Å². The van der Waals surface area contributed by atoms with E-state index in [4.69, 9.17) is 27.0 Å². The van der Waals surface area contributed by atoms with Gasteiger partial charge in [0.05, 0.1) is 0 Å². The summed E-state index contributed by atoms with van der Waals surface area (Å²) in [6, 6.07) is 5.91. The molecular formula is C15H22N4O4. The van der Waals surface area contributed by atoms with E-state index in [-0.39, 0.29) is 12.4 Å². The monoisotopic (exact) mass is 322 g/mol. The van der Waals surface area contributed by atoms with Crippen molar-refractivity contribution in [1.29, 1.82) is 0 Å². The van der Waals surface area contributed by atoms with E-state index in [2.05, 4.69) is 4.99 Å². The minimum absolute atomic E-state index is 0.00383. The Morgan fingerprint density at radius 1 is 1.22 bits per heavy atom. The molecule has 1 aromatic carbocycles. The van der Waals surface area contributed by atoms with Crippen molar-refractivity contribution in [2.75, 3.05) is 6.54 Å². The summed E-state index contributed by atoms with van der Waals surface area (Å²) in [5.41, 5.74) is 17.0. The molecule has 7 N–H and O–H groups in total. The molecule has 1 atom stereocenters. The van der Waals surface area contributed by atoms with Gasteiger partial charge in [0.15, 0.2) is 5.96 Å². The molecule has 0 aliphatic heterocycles. The van der Waals surface area contributed by atoms with Crippen molar-refractivity contribution in [3.05, 3.63) is 29.8 Å². The summed E-state index contributed by atoms with van der Waals surface area (Å²) in [6.07, 6.45) is 1.46. The SMILES string of the molecule is NC(N)=NCCC[C@H](N)C(=O)Oc1ccc(CCC(=O)O)cc1. The molecule has 0 saturated carbocycles. The highest BCUT2D eigenvalue weighted by Gasteiger charge is 2.15. The summed E-state index contributed by atoms with van der Waals surface area (Å²) in [5, 5.41) is 8.62. The maximum Gasteiger partial charge on any atom is 0.328 e. The molecule has 23 heavy (non-hydrogen) atoms. The fraction of sp³-hybridized carbons (Fsp3) is 0.400. The molecule has 0 saturated heterocycles. The largest absolute Gasteiger partial charge is 0.481 e. The van der Waals surface area contributed by atoms with Crippen LogP contribution in [0.15, 0.2) is 29.3 Å². The number of carboxylic acids is 1. The predicted molar refractivity (Wildman–Crippen MR) is 85.9 cm³/mol. The molecule has 0 fully saturated rings. The normalized spacial score (nSPS) is 11.5. The van der Waals surface area contributed by atoms with Crippen molar-refractivity contribution in [1.82, 2.24) is 0 Å². The zero-order chi connectivity index (χ0) is 17.2. The number of aryl methyl sites for hydroxylation is 1. The minimum Gasteiger partial charge on any atom is -0.481 e. The summed E-state index contributed by atoms with van der Waals surface area (Å²) in [7, 11) is 0. The molecule has 0 radical (unpaired) electrons. The Bertz CT molecular complexity index is 553. The van der Waals surface area contributed by atoms with E-state index in [0.717, 1.165) is 5.56 Å². The van der Waals surface area contributed by atoms with E-state index >= 15 is 0 Å². The Balaban J connectivity index is 2.40. The molecule has 0 spiro atoms. The average molecular weight is 322 g/mol. The molecule has 0 unspecified atom stereocenters. The van der Waals surface area contributed by atoms with E-state index < -0.39 is 18.0 Å². The maximum atomic E-state index is 11.8. The van der Waals surface area contributed by atoms with Crippen LogP contribution in [-0.2, 0) is 16.0 Å². The Labute approximate surface area is 134 Å². The van der Waals surface area contributed by atoms with Gasteiger partial charge in [-0.3, -0.25) is 9.79 Å². The number of nitrogens with two attached hydrogens (primary N) is 3. The molecule has 1 aromatic rings. The third kappa shape index (κ3) is 7.82. The molecular weight excluding hydrogens is 300 g/mol. The molecule has 0 aliphatic rings. The van der Waals surface area contributed by atoms with Crippen molar-refractivity contribution in [2.24, 2.45) is 22.2 Å². The van der Waals surface area contributed by atoms with E-state index in [1.165, 1.54) is 0 Å². The van der Waals surface area contributed by atoms with Gasteiger partial charge in [0.1, 0.15) is 11.8 Å². The van der Waals surface area contributed by atoms with Crippen molar-refractivity contribution in [2.45, 2.75) is 31.7 Å². The van der Waals surface area contributed by atoms with Crippen LogP contribution < -0.4 is 21.9 Å². The fourth-order valence-electron chi connectivity index (χ4n) is 1.80. The van der Waals surface area contributed by atoms with Gasteiger partial charge in [-0.1, -0.05) is 12.1 Å². The number of hydrogen-bond acceptors (Lipinski definition) is 5. The quantitative estimate of drug-likeness (QED) is 0.164. The lowest BCUT2D eigenvalue weighted by molar-refractivity contribution is -0.137. The van der Waals surface area contributed by atoms with Crippen LogP contribution in [0.5, 0.6) is 5.75 Å². The number of aliphatic carboxylic acids is 1. The molecule has 0 amide bonds. The third-order valence-electron chi connectivity index (χ3n) is 3.04. The molecule has 8 nitrogen and oxygen atoms in total. The lowest BCUT2D eigenvalue weighted by atomic mass is 10.1. The van der Waals surface area contributed by atoms with Crippen molar-refractivity contribution in [3.63, 3.8) is 0 Å². The van der Waals surface area contributed by atoms with Gasteiger partial charge in [0.25, 0.3) is 0 Å². The zero-order valence-corrected chi connectivity index (χ0v) is 12.8. The number of esters is 1. The number of aliphatic imine (C=N–C) groups is 1. The lowest BCUT2D eigenvalue weighted by Gasteiger charge is -2.11. The van der Waals surface area contributed by atoms with Crippen LogP contribution in [0.3, 0.4) is 0 Å². The van der Waals surface area contributed by atoms with Crippen molar-refractivity contribution in [3.8, 4) is 5.75 Å². The number of ether oxygens (including phenoxy) is 1. The van der Waals surface area contributed by atoms with E-state index in [0.29, 0.717) is 31.6 Å². The summed E-state index contributed by atoms with van der Waals surface area (Å²) in [4.78, 5) is 26.1. The van der Waals surface area contributed by atoms with Gasteiger partial charge in [-0.2, -0.15) is 0 Å².